The van der Waals surface area contributed by atoms with Crippen LogP contribution in [0, 0.1) is 0 Å². The molecular weight excluding hydrogens is 226 g/mol. The third-order valence-corrected chi connectivity index (χ3v) is 3.57. The van der Waals surface area contributed by atoms with E-state index in [9.17, 15) is 4.79 Å². The minimum Gasteiger partial charge on any atom is -0.338 e. The molecule has 0 radical (unpaired) electrons. The highest BCUT2D eigenvalue weighted by Crippen LogP contribution is 2.15. The molecule has 1 heterocycles. The van der Waals surface area contributed by atoms with Crippen LogP contribution in [-0.4, -0.2) is 54.1 Å². The lowest BCUT2D eigenvalue weighted by Gasteiger charge is -2.42. The van der Waals surface area contributed by atoms with E-state index < -0.39 is 0 Å². The molecular formula is C14H29N3O. The molecule has 1 aliphatic heterocycles. The van der Waals surface area contributed by atoms with Gasteiger partial charge in [0, 0.05) is 38.3 Å². The summed E-state index contributed by atoms with van der Waals surface area (Å²) in [5, 5.41) is 3.01. The maximum atomic E-state index is 11.9. The van der Waals surface area contributed by atoms with Crippen LogP contribution in [0.15, 0.2) is 0 Å². The zero-order chi connectivity index (χ0) is 13.6. The van der Waals surface area contributed by atoms with Gasteiger partial charge >= 0.3 is 6.03 Å². The first-order valence-electron chi connectivity index (χ1n) is 7.23. The summed E-state index contributed by atoms with van der Waals surface area (Å²) in [6.07, 6.45) is 3.47. The number of amides is 2. The van der Waals surface area contributed by atoms with Gasteiger partial charge in [0.25, 0.3) is 0 Å². The highest BCUT2D eigenvalue weighted by Gasteiger charge is 2.27. The molecule has 0 aromatic carbocycles. The summed E-state index contributed by atoms with van der Waals surface area (Å²) in [6.45, 7) is 13.3. The van der Waals surface area contributed by atoms with Crippen molar-refractivity contribution in [2.24, 2.45) is 0 Å². The average Bonchev–Trinajstić information content (AvgIpc) is 2.33. The molecule has 0 aliphatic carbocycles. The van der Waals surface area contributed by atoms with Crippen LogP contribution in [0.2, 0.25) is 0 Å². The molecule has 1 fully saturated rings. The first-order chi connectivity index (χ1) is 8.45. The highest BCUT2D eigenvalue weighted by atomic mass is 16.2. The second-order valence-electron chi connectivity index (χ2n) is 6.08. The predicted octanol–water partition coefficient (Wildman–Crippen LogP) is 2.30. The monoisotopic (exact) mass is 255 g/mol. The molecule has 2 amide bonds. The number of hydrogen-bond donors (Lipinski definition) is 1. The lowest BCUT2D eigenvalue weighted by molar-refractivity contribution is 0.0743. The normalized spacial score (nSPS) is 17.9. The molecule has 0 spiro atoms. The Kier molecular flexibility index (Phi) is 5.93. The van der Waals surface area contributed by atoms with Crippen molar-refractivity contribution in [3.63, 3.8) is 0 Å². The zero-order valence-corrected chi connectivity index (χ0v) is 12.5. The van der Waals surface area contributed by atoms with E-state index in [1.165, 1.54) is 12.8 Å². The number of unbranched alkanes of at least 4 members (excludes halogenated alkanes) is 2. The number of hydrogen-bond acceptors (Lipinski definition) is 2. The Bertz CT molecular complexity index is 252. The Morgan fingerprint density at radius 3 is 2.22 bits per heavy atom. The summed E-state index contributed by atoms with van der Waals surface area (Å²) < 4.78 is 0. The number of nitrogens with one attached hydrogen (secondary N) is 1. The maximum Gasteiger partial charge on any atom is 0.317 e. The van der Waals surface area contributed by atoms with E-state index >= 15 is 0 Å². The fraction of sp³-hybridized carbons (Fsp3) is 0.929. The topological polar surface area (TPSA) is 35.6 Å². The van der Waals surface area contributed by atoms with Crippen LogP contribution in [0.25, 0.3) is 0 Å². The van der Waals surface area contributed by atoms with Gasteiger partial charge in [0.15, 0.2) is 0 Å². The van der Waals surface area contributed by atoms with Crippen molar-refractivity contribution >= 4 is 6.03 Å². The van der Waals surface area contributed by atoms with Gasteiger partial charge in [0.2, 0.25) is 0 Å². The van der Waals surface area contributed by atoms with Crippen LogP contribution in [-0.2, 0) is 0 Å². The van der Waals surface area contributed by atoms with Gasteiger partial charge in [0.05, 0.1) is 0 Å². The fourth-order valence-electron chi connectivity index (χ4n) is 2.26. The van der Waals surface area contributed by atoms with Crippen molar-refractivity contribution < 1.29 is 4.79 Å². The molecule has 1 N–H and O–H groups in total. The standard InChI is InChI=1S/C14H29N3O/c1-5-6-7-8-15-13(18)16-9-11-17(12-10-16)14(2,3)4/h5-12H2,1-4H3,(H,15,18). The summed E-state index contributed by atoms with van der Waals surface area (Å²) in [4.78, 5) is 16.3. The minimum atomic E-state index is 0.111. The number of carbonyl (C=O) groups excluding carboxylic acids is 1. The van der Waals surface area contributed by atoms with Gasteiger partial charge < -0.3 is 10.2 Å². The van der Waals surface area contributed by atoms with E-state index in [4.69, 9.17) is 0 Å². The third-order valence-electron chi connectivity index (χ3n) is 3.57. The van der Waals surface area contributed by atoms with Crippen LogP contribution in [0.3, 0.4) is 0 Å². The Balaban J connectivity index is 2.23. The summed E-state index contributed by atoms with van der Waals surface area (Å²) in [5.74, 6) is 0. The van der Waals surface area contributed by atoms with Crippen molar-refractivity contribution in [2.45, 2.75) is 52.5 Å². The number of carbonyl (C=O) groups is 1. The van der Waals surface area contributed by atoms with Gasteiger partial charge in [-0.15, -0.1) is 0 Å². The lowest BCUT2D eigenvalue weighted by Crippen LogP contribution is -2.56. The van der Waals surface area contributed by atoms with Crippen LogP contribution in [0.4, 0.5) is 4.79 Å². The molecule has 4 heteroatoms. The second kappa shape index (κ2) is 6.98. The Labute approximate surface area is 112 Å². The molecule has 0 bridgehead atoms. The van der Waals surface area contributed by atoms with E-state index in [0.717, 1.165) is 39.1 Å². The average molecular weight is 255 g/mol. The summed E-state index contributed by atoms with van der Waals surface area (Å²) >= 11 is 0. The molecule has 18 heavy (non-hydrogen) atoms. The predicted molar refractivity (Wildman–Crippen MR) is 75.8 cm³/mol. The van der Waals surface area contributed by atoms with Crippen molar-refractivity contribution in [3.8, 4) is 0 Å². The Morgan fingerprint density at radius 2 is 1.72 bits per heavy atom. The summed E-state index contributed by atoms with van der Waals surface area (Å²) in [7, 11) is 0. The van der Waals surface area contributed by atoms with E-state index in [-0.39, 0.29) is 11.6 Å². The molecule has 1 saturated heterocycles. The van der Waals surface area contributed by atoms with Crippen molar-refractivity contribution in [3.05, 3.63) is 0 Å². The molecule has 0 aromatic rings. The largest absolute Gasteiger partial charge is 0.338 e. The number of nitrogens with zero attached hydrogens (tertiary/aromatic N) is 2. The number of urea groups is 1. The molecule has 0 aromatic heterocycles. The van der Waals surface area contributed by atoms with Crippen LogP contribution in [0.5, 0.6) is 0 Å². The molecule has 0 saturated carbocycles. The Hall–Kier alpha value is -0.770. The van der Waals surface area contributed by atoms with Crippen molar-refractivity contribution in [1.82, 2.24) is 15.1 Å². The van der Waals surface area contributed by atoms with Crippen molar-refractivity contribution in [1.29, 1.82) is 0 Å². The first-order valence-corrected chi connectivity index (χ1v) is 7.23. The molecule has 0 unspecified atom stereocenters. The molecule has 0 atom stereocenters. The Morgan fingerprint density at radius 1 is 1.11 bits per heavy atom. The molecule has 106 valence electrons. The number of rotatable bonds is 4. The van der Waals surface area contributed by atoms with Crippen LogP contribution >= 0.6 is 0 Å². The van der Waals surface area contributed by atoms with Gasteiger partial charge in [-0.2, -0.15) is 0 Å². The van der Waals surface area contributed by atoms with Gasteiger partial charge in [-0.3, -0.25) is 4.90 Å². The molecule has 4 nitrogen and oxygen atoms in total. The first kappa shape index (κ1) is 15.3. The van der Waals surface area contributed by atoms with Gasteiger partial charge in [-0.05, 0) is 27.2 Å². The lowest BCUT2D eigenvalue weighted by atomic mass is 10.1. The fourth-order valence-corrected chi connectivity index (χ4v) is 2.26. The zero-order valence-electron chi connectivity index (χ0n) is 12.5. The molecule has 1 rings (SSSR count). The minimum absolute atomic E-state index is 0.111. The summed E-state index contributed by atoms with van der Waals surface area (Å²) in [5.41, 5.74) is 0.212. The third kappa shape index (κ3) is 4.84. The highest BCUT2D eigenvalue weighted by molar-refractivity contribution is 5.74. The smallest absolute Gasteiger partial charge is 0.317 e. The quantitative estimate of drug-likeness (QED) is 0.782. The van der Waals surface area contributed by atoms with Crippen LogP contribution < -0.4 is 5.32 Å². The van der Waals surface area contributed by atoms with E-state index in [1.54, 1.807) is 0 Å². The maximum absolute atomic E-state index is 11.9. The van der Waals surface area contributed by atoms with E-state index in [1.807, 2.05) is 4.90 Å². The van der Waals surface area contributed by atoms with Crippen molar-refractivity contribution in [2.75, 3.05) is 32.7 Å². The van der Waals surface area contributed by atoms with Gasteiger partial charge in [-0.25, -0.2) is 4.79 Å². The summed E-state index contributed by atoms with van der Waals surface area (Å²) in [6, 6.07) is 0.111. The molecule has 1 aliphatic rings. The second-order valence-corrected chi connectivity index (χ2v) is 6.08. The SMILES string of the molecule is CCCCCNC(=O)N1CCN(C(C)(C)C)CC1. The number of piperazine rings is 1. The van der Waals surface area contributed by atoms with Crippen LogP contribution in [0.1, 0.15) is 47.0 Å². The van der Waals surface area contributed by atoms with Gasteiger partial charge in [-0.1, -0.05) is 19.8 Å². The van der Waals surface area contributed by atoms with E-state index in [2.05, 4.69) is 37.9 Å². The van der Waals surface area contributed by atoms with E-state index in [0.29, 0.717) is 0 Å². The van der Waals surface area contributed by atoms with Gasteiger partial charge in [0.1, 0.15) is 0 Å².